The van der Waals surface area contributed by atoms with E-state index in [1.165, 1.54) is 12.1 Å². The van der Waals surface area contributed by atoms with Crippen LogP contribution in [0.5, 0.6) is 5.75 Å². The summed E-state index contributed by atoms with van der Waals surface area (Å²) in [6, 6.07) is 2.98. The minimum Gasteiger partial charge on any atom is -0.404 e. The third kappa shape index (κ3) is 5.44. The molecule has 0 heterocycles. The fourth-order valence-electron chi connectivity index (χ4n) is 1.41. The van der Waals surface area contributed by atoms with Gasteiger partial charge in [0.1, 0.15) is 5.75 Å². The minimum atomic E-state index is -4.80. The van der Waals surface area contributed by atoms with Crippen LogP contribution in [-0.4, -0.2) is 17.6 Å². The predicted octanol–water partition coefficient (Wildman–Crippen LogP) is 3.43. The van der Waals surface area contributed by atoms with Gasteiger partial charge < -0.3 is 15.6 Å². The molecule has 0 aliphatic rings. The average molecular weight is 320 g/mol. The van der Waals surface area contributed by atoms with E-state index in [1.54, 1.807) is 6.92 Å². The second kappa shape index (κ2) is 7.19. The summed E-state index contributed by atoms with van der Waals surface area (Å²) in [5, 5.41) is 9.34. The molecule has 0 saturated heterocycles. The highest BCUT2D eigenvalue weighted by Gasteiger charge is 2.32. The molecular weight excluding hydrogens is 306 g/mol. The van der Waals surface area contributed by atoms with Gasteiger partial charge in [-0.25, -0.2) is 0 Å². The van der Waals surface area contributed by atoms with Crippen molar-refractivity contribution in [1.29, 1.82) is 0 Å². The molecule has 1 rings (SSSR count). The largest absolute Gasteiger partial charge is 0.573 e. The van der Waals surface area contributed by atoms with Crippen LogP contribution in [0.15, 0.2) is 18.2 Å². The Kier molecular flexibility index (Phi) is 6.93. The molecule has 0 aliphatic heterocycles. The van der Waals surface area contributed by atoms with Gasteiger partial charge in [-0.2, -0.15) is 0 Å². The van der Waals surface area contributed by atoms with Gasteiger partial charge in [-0.3, -0.25) is 0 Å². The number of aliphatic hydroxyl groups is 1. The monoisotopic (exact) mass is 319 g/mol. The second-order valence-corrected chi connectivity index (χ2v) is 4.15. The molecule has 0 spiro atoms. The number of hydrogen-bond donors (Lipinski definition) is 2. The lowest BCUT2D eigenvalue weighted by atomic mass is 10.0. The fraction of sp³-hybridized carbons (Fsp3) is 0.455. The zero-order chi connectivity index (χ0) is 13.9. The Morgan fingerprint density at radius 2 is 2.00 bits per heavy atom. The van der Waals surface area contributed by atoms with Crippen molar-refractivity contribution in [2.45, 2.75) is 31.9 Å². The van der Waals surface area contributed by atoms with Gasteiger partial charge in [0.2, 0.25) is 0 Å². The lowest BCUT2D eigenvalue weighted by Crippen LogP contribution is -2.25. The van der Waals surface area contributed by atoms with E-state index in [2.05, 4.69) is 4.74 Å². The predicted molar refractivity (Wildman–Crippen MR) is 68.6 cm³/mol. The Morgan fingerprint density at radius 3 is 2.42 bits per heavy atom. The molecule has 19 heavy (non-hydrogen) atoms. The molecule has 0 unspecified atom stereocenters. The van der Waals surface area contributed by atoms with Crippen LogP contribution in [0, 0.1) is 0 Å². The summed E-state index contributed by atoms with van der Waals surface area (Å²) in [5.41, 5.74) is 6.17. The Balaban J connectivity index is 0.00000324. The molecule has 110 valence electrons. The van der Waals surface area contributed by atoms with Crippen molar-refractivity contribution in [3.8, 4) is 5.75 Å². The Hall–Kier alpha value is -0.690. The first-order valence-corrected chi connectivity index (χ1v) is 5.61. The molecule has 0 aliphatic carbocycles. The summed E-state index contributed by atoms with van der Waals surface area (Å²) in [7, 11) is 0. The molecule has 1 aromatic rings. The Morgan fingerprint density at radius 1 is 1.42 bits per heavy atom. The maximum atomic E-state index is 12.0. The lowest BCUT2D eigenvalue weighted by Gasteiger charge is -2.18. The van der Waals surface area contributed by atoms with Crippen molar-refractivity contribution < 1.29 is 23.0 Å². The van der Waals surface area contributed by atoms with Crippen LogP contribution >= 0.6 is 24.0 Å². The number of hydrogen-bond acceptors (Lipinski definition) is 3. The summed E-state index contributed by atoms with van der Waals surface area (Å²) in [4.78, 5) is 0. The number of halogens is 5. The Bertz CT molecular complexity index is 415. The van der Waals surface area contributed by atoms with Crippen molar-refractivity contribution in [3.63, 3.8) is 0 Å². The summed E-state index contributed by atoms with van der Waals surface area (Å²) in [5.74, 6) is -0.494. The SMILES string of the molecule is CC[C@@H](O)[C@@H](N)c1ccc(OC(F)(F)F)c(Cl)c1.Cl. The third-order valence-electron chi connectivity index (χ3n) is 2.40. The van der Waals surface area contributed by atoms with Crippen LogP contribution in [0.25, 0.3) is 0 Å². The van der Waals surface area contributed by atoms with Crippen LogP contribution in [0.4, 0.5) is 13.2 Å². The van der Waals surface area contributed by atoms with E-state index in [1.807, 2.05) is 0 Å². The number of nitrogens with two attached hydrogens (primary N) is 1. The van der Waals surface area contributed by atoms with Gasteiger partial charge >= 0.3 is 6.36 Å². The summed E-state index contributed by atoms with van der Waals surface area (Å²) in [6.45, 7) is 1.74. The maximum absolute atomic E-state index is 12.0. The maximum Gasteiger partial charge on any atom is 0.573 e. The van der Waals surface area contributed by atoms with Gasteiger partial charge in [0.05, 0.1) is 17.2 Å². The molecule has 1 aromatic carbocycles. The quantitative estimate of drug-likeness (QED) is 0.894. The Labute approximate surface area is 119 Å². The highest BCUT2D eigenvalue weighted by atomic mass is 35.5. The van der Waals surface area contributed by atoms with E-state index in [0.717, 1.165) is 6.07 Å². The summed E-state index contributed by atoms with van der Waals surface area (Å²) in [6.07, 6.45) is -5.15. The summed E-state index contributed by atoms with van der Waals surface area (Å²) >= 11 is 5.67. The smallest absolute Gasteiger partial charge is 0.404 e. The van der Waals surface area contributed by atoms with Gasteiger partial charge in [0.15, 0.2) is 0 Å². The van der Waals surface area contributed by atoms with E-state index in [4.69, 9.17) is 17.3 Å². The van der Waals surface area contributed by atoms with Crippen LogP contribution < -0.4 is 10.5 Å². The van der Waals surface area contributed by atoms with Gasteiger partial charge in [0, 0.05) is 0 Å². The molecule has 0 radical (unpaired) electrons. The molecule has 0 amide bonds. The van der Waals surface area contributed by atoms with Gasteiger partial charge in [-0.05, 0) is 24.1 Å². The summed E-state index contributed by atoms with van der Waals surface area (Å²) < 4.78 is 39.8. The normalized spacial score (nSPS) is 14.5. The first kappa shape index (κ1) is 18.3. The number of ether oxygens (including phenoxy) is 1. The van der Waals surface area contributed by atoms with E-state index in [-0.39, 0.29) is 17.4 Å². The molecule has 3 nitrogen and oxygen atoms in total. The average Bonchev–Trinajstić information content (AvgIpc) is 2.28. The molecule has 0 bridgehead atoms. The van der Waals surface area contributed by atoms with Crippen molar-refractivity contribution in [1.82, 2.24) is 0 Å². The van der Waals surface area contributed by atoms with E-state index < -0.39 is 24.3 Å². The first-order chi connectivity index (χ1) is 8.24. The highest BCUT2D eigenvalue weighted by molar-refractivity contribution is 6.32. The van der Waals surface area contributed by atoms with Crippen LogP contribution in [0.3, 0.4) is 0 Å². The molecule has 0 fully saturated rings. The standard InChI is InChI=1S/C11H13ClF3NO2.ClH/c1-2-8(17)10(16)6-3-4-9(7(12)5-6)18-11(13,14)15;/h3-5,8,10,17H,2,16H2,1H3;1H/t8-,10+;/m1./s1. The molecular formula is C11H14Cl2F3NO2. The zero-order valence-corrected chi connectivity index (χ0v) is 11.5. The van der Waals surface area contributed by atoms with Crippen molar-refractivity contribution in [2.75, 3.05) is 0 Å². The van der Waals surface area contributed by atoms with Crippen LogP contribution in [-0.2, 0) is 0 Å². The third-order valence-corrected chi connectivity index (χ3v) is 2.69. The lowest BCUT2D eigenvalue weighted by molar-refractivity contribution is -0.274. The van der Waals surface area contributed by atoms with Gasteiger partial charge in [-0.15, -0.1) is 25.6 Å². The highest BCUT2D eigenvalue weighted by Crippen LogP contribution is 2.32. The van der Waals surface area contributed by atoms with Gasteiger partial charge in [-0.1, -0.05) is 24.6 Å². The van der Waals surface area contributed by atoms with Crippen molar-refractivity contribution >= 4 is 24.0 Å². The molecule has 0 aromatic heterocycles. The van der Waals surface area contributed by atoms with E-state index >= 15 is 0 Å². The van der Waals surface area contributed by atoms with Crippen LogP contribution in [0.2, 0.25) is 5.02 Å². The number of alkyl halides is 3. The second-order valence-electron chi connectivity index (χ2n) is 3.74. The number of benzene rings is 1. The first-order valence-electron chi connectivity index (χ1n) is 5.23. The van der Waals surface area contributed by atoms with Crippen molar-refractivity contribution in [2.24, 2.45) is 5.73 Å². The number of rotatable bonds is 4. The topological polar surface area (TPSA) is 55.5 Å². The van der Waals surface area contributed by atoms with E-state index in [9.17, 15) is 18.3 Å². The fourth-order valence-corrected chi connectivity index (χ4v) is 1.64. The zero-order valence-electron chi connectivity index (χ0n) is 9.95. The molecule has 8 heteroatoms. The molecule has 3 N–H and O–H groups in total. The van der Waals surface area contributed by atoms with Crippen molar-refractivity contribution in [3.05, 3.63) is 28.8 Å². The van der Waals surface area contributed by atoms with E-state index in [0.29, 0.717) is 12.0 Å². The minimum absolute atomic E-state index is 0. The molecule has 0 saturated carbocycles. The van der Waals surface area contributed by atoms with Gasteiger partial charge in [0.25, 0.3) is 0 Å². The van der Waals surface area contributed by atoms with Crippen LogP contribution in [0.1, 0.15) is 24.9 Å². The number of aliphatic hydroxyl groups excluding tert-OH is 1. The molecule has 2 atom stereocenters.